The number of pyridine rings is 1. The molecule has 2 unspecified atom stereocenters. The molecule has 0 aliphatic heterocycles. The van der Waals surface area contributed by atoms with Gasteiger partial charge in [-0.15, -0.1) is 11.3 Å². The Labute approximate surface area is 239 Å². The Morgan fingerprint density at radius 3 is 2.55 bits per heavy atom. The lowest BCUT2D eigenvalue weighted by atomic mass is 9.89. The topological polar surface area (TPSA) is 105 Å². The first-order valence-corrected chi connectivity index (χ1v) is 15.0. The molecule has 2 aliphatic rings. The van der Waals surface area contributed by atoms with E-state index in [1.54, 1.807) is 11.3 Å². The summed E-state index contributed by atoms with van der Waals surface area (Å²) >= 11 is 1.65. The summed E-state index contributed by atoms with van der Waals surface area (Å²) in [5, 5.41) is 18.8. The van der Waals surface area contributed by atoms with Crippen molar-refractivity contribution in [3.8, 4) is 16.3 Å². The van der Waals surface area contributed by atoms with E-state index < -0.39 is 5.60 Å². The number of ether oxygens (including phenoxy) is 1. The number of thiazole rings is 1. The average Bonchev–Trinajstić information content (AvgIpc) is 3.29. The van der Waals surface area contributed by atoms with Gasteiger partial charge in [-0.25, -0.2) is 9.97 Å². The molecule has 6 rings (SSSR count). The molecule has 0 amide bonds. The summed E-state index contributed by atoms with van der Waals surface area (Å²) < 4.78 is 7.19. The van der Waals surface area contributed by atoms with Crippen molar-refractivity contribution < 1.29 is 9.84 Å². The van der Waals surface area contributed by atoms with Crippen molar-refractivity contribution in [3.63, 3.8) is 0 Å². The highest BCUT2D eigenvalue weighted by Gasteiger charge is 2.43. The van der Waals surface area contributed by atoms with E-state index in [1.165, 1.54) is 0 Å². The van der Waals surface area contributed by atoms with Crippen LogP contribution in [0.1, 0.15) is 57.3 Å². The third-order valence-electron chi connectivity index (χ3n) is 8.43. The van der Waals surface area contributed by atoms with Crippen LogP contribution in [-0.2, 0) is 0 Å². The molecule has 2 aliphatic carbocycles. The predicted octanol–water partition coefficient (Wildman–Crippen LogP) is 6.39. The maximum absolute atomic E-state index is 10.6. The van der Waals surface area contributed by atoms with E-state index in [1.807, 2.05) is 70.3 Å². The molecule has 2 fully saturated rings. The first-order valence-electron chi connectivity index (χ1n) is 14.2. The fourth-order valence-corrected chi connectivity index (χ4v) is 6.73. The van der Waals surface area contributed by atoms with Gasteiger partial charge in [0.15, 0.2) is 0 Å². The molecular formula is C31H38N6O2S. The Bertz CT molecular complexity index is 1500. The Kier molecular flexibility index (Phi) is 7.12. The van der Waals surface area contributed by atoms with Crippen LogP contribution in [0.4, 0.5) is 11.8 Å². The minimum Gasteiger partial charge on any atom is -0.493 e. The number of aromatic nitrogens is 4. The third-order valence-corrected chi connectivity index (χ3v) is 9.47. The second kappa shape index (κ2) is 10.6. The van der Waals surface area contributed by atoms with E-state index in [-0.39, 0.29) is 17.4 Å². The van der Waals surface area contributed by atoms with Crippen molar-refractivity contribution in [1.82, 2.24) is 19.9 Å². The molecule has 0 radical (unpaired) electrons. The number of benzene rings is 1. The monoisotopic (exact) mass is 558 g/mol. The van der Waals surface area contributed by atoms with Gasteiger partial charge in [0.2, 0.25) is 5.95 Å². The molecule has 0 saturated heterocycles. The zero-order valence-electron chi connectivity index (χ0n) is 23.7. The van der Waals surface area contributed by atoms with Crippen LogP contribution in [0, 0.1) is 25.2 Å². The molecule has 3 N–H and O–H groups in total. The minimum absolute atomic E-state index is 0.0995. The lowest BCUT2D eigenvalue weighted by Crippen LogP contribution is -2.30. The lowest BCUT2D eigenvalue weighted by molar-refractivity contribution is 0.0197. The minimum atomic E-state index is -0.689. The van der Waals surface area contributed by atoms with Gasteiger partial charge in [0.05, 0.1) is 33.9 Å². The lowest BCUT2D eigenvalue weighted by Gasteiger charge is -2.26. The molecule has 210 valence electrons. The fraction of sp³-hybridized carbons (Fsp3) is 0.484. The molecule has 40 heavy (non-hydrogen) atoms. The summed E-state index contributed by atoms with van der Waals surface area (Å²) in [6.07, 6.45) is 6.95. The first kappa shape index (κ1) is 26.9. The second-order valence-electron chi connectivity index (χ2n) is 12.1. The highest BCUT2D eigenvalue weighted by atomic mass is 32.1. The fourth-order valence-electron chi connectivity index (χ4n) is 5.62. The molecular weight excluding hydrogens is 520 g/mol. The molecule has 1 aromatic carbocycles. The number of fused-ring (bicyclic) bond motifs is 1. The van der Waals surface area contributed by atoms with Crippen molar-refractivity contribution in [2.75, 3.05) is 23.8 Å². The van der Waals surface area contributed by atoms with Crippen LogP contribution in [0.3, 0.4) is 0 Å². The predicted molar refractivity (Wildman–Crippen MR) is 161 cm³/mol. The third kappa shape index (κ3) is 5.76. The number of rotatable bonds is 10. The van der Waals surface area contributed by atoms with Gasteiger partial charge in [-0.1, -0.05) is 18.2 Å². The summed E-state index contributed by atoms with van der Waals surface area (Å²) in [6.45, 7) is 9.28. The smallest absolute Gasteiger partial charge is 0.224 e. The van der Waals surface area contributed by atoms with Gasteiger partial charge in [0.25, 0.3) is 0 Å². The number of anilines is 2. The Morgan fingerprint density at radius 1 is 1.05 bits per heavy atom. The van der Waals surface area contributed by atoms with Gasteiger partial charge in [0.1, 0.15) is 22.1 Å². The average molecular weight is 559 g/mol. The molecule has 8 nitrogen and oxygen atoms in total. The maximum Gasteiger partial charge on any atom is 0.224 e. The number of aliphatic hydroxyl groups is 1. The Balaban J connectivity index is 1.26. The van der Waals surface area contributed by atoms with Crippen molar-refractivity contribution in [1.29, 1.82) is 0 Å². The van der Waals surface area contributed by atoms with Gasteiger partial charge < -0.3 is 20.5 Å². The van der Waals surface area contributed by atoms with E-state index in [9.17, 15) is 5.11 Å². The van der Waals surface area contributed by atoms with Crippen molar-refractivity contribution in [3.05, 3.63) is 54.0 Å². The largest absolute Gasteiger partial charge is 0.493 e. The van der Waals surface area contributed by atoms with Crippen LogP contribution in [0.5, 0.6) is 5.75 Å². The number of nitrogens with one attached hydrogen (secondary N) is 2. The quantitative estimate of drug-likeness (QED) is 0.206. The molecule has 4 aromatic rings. The van der Waals surface area contributed by atoms with Gasteiger partial charge in [-0.3, -0.25) is 4.98 Å². The van der Waals surface area contributed by atoms with Crippen molar-refractivity contribution in [2.45, 2.75) is 71.4 Å². The van der Waals surface area contributed by atoms with Gasteiger partial charge >= 0.3 is 0 Å². The zero-order valence-corrected chi connectivity index (χ0v) is 24.5. The van der Waals surface area contributed by atoms with Gasteiger partial charge in [0, 0.05) is 24.2 Å². The van der Waals surface area contributed by atoms with E-state index in [2.05, 4.69) is 15.6 Å². The summed E-state index contributed by atoms with van der Waals surface area (Å²) in [7, 11) is 0. The van der Waals surface area contributed by atoms with Crippen LogP contribution in [0.25, 0.3) is 20.8 Å². The van der Waals surface area contributed by atoms with E-state index in [4.69, 9.17) is 19.7 Å². The van der Waals surface area contributed by atoms with Crippen LogP contribution in [-0.4, -0.2) is 49.8 Å². The van der Waals surface area contributed by atoms with Gasteiger partial charge in [-0.05, 0) is 83.9 Å². The molecule has 2 atom stereocenters. The molecule has 3 heterocycles. The van der Waals surface area contributed by atoms with Crippen LogP contribution < -0.4 is 15.4 Å². The summed E-state index contributed by atoms with van der Waals surface area (Å²) in [5.41, 5.74) is 3.07. The van der Waals surface area contributed by atoms with E-state index >= 15 is 0 Å². The van der Waals surface area contributed by atoms with Crippen LogP contribution in [0.2, 0.25) is 0 Å². The van der Waals surface area contributed by atoms with Crippen LogP contribution in [0.15, 0.2) is 42.6 Å². The SMILES string of the molecule is Cc1nc(NCC2(COc3ccccc3)CC2)nc(NC2CCC(C(C)(C)O)C2)c1-c1nc2c(C)nccc2s1. The highest BCUT2D eigenvalue weighted by Crippen LogP contribution is 2.46. The number of hydrogen-bond acceptors (Lipinski definition) is 9. The van der Waals surface area contributed by atoms with Crippen LogP contribution >= 0.6 is 11.3 Å². The van der Waals surface area contributed by atoms with Gasteiger partial charge in [-0.2, -0.15) is 4.98 Å². The second-order valence-corrected chi connectivity index (χ2v) is 13.1. The summed E-state index contributed by atoms with van der Waals surface area (Å²) in [5.74, 6) is 2.57. The zero-order chi connectivity index (χ0) is 27.9. The molecule has 2 saturated carbocycles. The number of hydrogen-bond donors (Lipinski definition) is 3. The molecule has 0 bridgehead atoms. The normalized spacial score (nSPS) is 20.0. The summed E-state index contributed by atoms with van der Waals surface area (Å²) in [6, 6.07) is 12.2. The highest BCUT2D eigenvalue weighted by molar-refractivity contribution is 7.21. The number of nitrogens with zero attached hydrogens (tertiary/aromatic N) is 4. The van der Waals surface area contributed by atoms with Crippen molar-refractivity contribution in [2.24, 2.45) is 11.3 Å². The van der Waals surface area contributed by atoms with Crippen molar-refractivity contribution >= 4 is 33.3 Å². The Morgan fingerprint density at radius 2 is 1.85 bits per heavy atom. The Hall–Kier alpha value is -3.30. The van der Waals surface area contributed by atoms with E-state index in [0.29, 0.717) is 12.6 Å². The molecule has 9 heteroatoms. The first-order chi connectivity index (χ1) is 19.2. The molecule has 0 spiro atoms. The maximum atomic E-state index is 10.6. The molecule has 3 aromatic heterocycles. The summed E-state index contributed by atoms with van der Waals surface area (Å²) in [4.78, 5) is 19.3. The van der Waals surface area contributed by atoms with E-state index in [0.717, 1.165) is 82.4 Å². The standard InChI is InChI=1S/C31H38N6O2S/c1-19-25(28-36-26-20(2)32-15-12-24(26)40-28)27(35-22-11-10-21(16-22)30(3,4)38)37-29(34-19)33-17-31(13-14-31)18-39-23-8-6-5-7-9-23/h5-9,12,15,21-22,38H,10-11,13-14,16-18H2,1-4H3,(H2,33,34,35,37). The number of aryl methyl sites for hydroxylation is 2. The number of para-hydroxylation sites is 1.